The number of hydrogen-bond donors (Lipinski definition) is 2. The zero-order chi connectivity index (χ0) is 20.9. The van der Waals surface area contributed by atoms with Crippen LogP contribution in [0.25, 0.3) is 0 Å². The minimum atomic E-state index is -3.63. The van der Waals surface area contributed by atoms with Crippen LogP contribution in [0.4, 0.5) is 5.69 Å². The van der Waals surface area contributed by atoms with Gasteiger partial charge in [-0.1, -0.05) is 56.7 Å². The van der Waals surface area contributed by atoms with Crippen LogP contribution in [0.15, 0.2) is 28.5 Å². The molecule has 0 bridgehead atoms. The summed E-state index contributed by atoms with van der Waals surface area (Å²) in [6, 6.07) is 8.03. The van der Waals surface area contributed by atoms with Crippen molar-refractivity contribution >= 4 is 27.0 Å². The van der Waals surface area contributed by atoms with E-state index < -0.39 is 10.0 Å². The third kappa shape index (κ3) is 6.27. The van der Waals surface area contributed by atoms with E-state index in [-0.39, 0.29) is 0 Å². The van der Waals surface area contributed by atoms with Crippen molar-refractivity contribution in [2.24, 2.45) is 5.92 Å². The summed E-state index contributed by atoms with van der Waals surface area (Å²) in [5.74, 6) is 0.811. The Balaban J connectivity index is 1.63. The molecule has 0 unspecified atom stereocenters. The van der Waals surface area contributed by atoms with Gasteiger partial charge in [-0.3, -0.25) is 4.72 Å². The van der Waals surface area contributed by atoms with E-state index in [1.165, 1.54) is 56.3 Å². The van der Waals surface area contributed by atoms with Crippen molar-refractivity contribution in [2.75, 3.05) is 4.72 Å². The van der Waals surface area contributed by atoms with Crippen molar-refractivity contribution in [1.82, 2.24) is 10.3 Å². The Bertz CT molecular complexity index is 901. The Hall–Kier alpha value is -1.44. The zero-order valence-electron chi connectivity index (χ0n) is 17.7. The molecule has 160 valence electrons. The van der Waals surface area contributed by atoms with E-state index in [0.29, 0.717) is 28.2 Å². The molecule has 5 nitrogen and oxygen atoms in total. The fraction of sp³-hybridized carbons (Fsp3) is 0.591. The first-order valence-electron chi connectivity index (χ1n) is 10.6. The second kappa shape index (κ2) is 10.0. The number of nitrogens with zero attached hydrogens (tertiary/aromatic N) is 1. The second-order valence-electron chi connectivity index (χ2n) is 8.24. The molecule has 0 amide bonds. The number of nitrogens with one attached hydrogen (secondary N) is 2. The SMILES string of the molecule is Cc1nc(C)c(S(=O)(=O)Nc2ccccc2CN[C@@H](C)CC2CCCCCC2)s1. The first kappa shape index (κ1) is 22.2. The molecular formula is C22H33N3O2S2. The quantitative estimate of drug-likeness (QED) is 0.545. The van der Waals surface area contributed by atoms with Crippen LogP contribution in [-0.4, -0.2) is 19.4 Å². The highest BCUT2D eigenvalue weighted by Gasteiger charge is 2.22. The molecule has 1 aromatic carbocycles. The monoisotopic (exact) mass is 435 g/mol. The minimum Gasteiger partial charge on any atom is -0.310 e. The van der Waals surface area contributed by atoms with Crippen molar-refractivity contribution in [2.45, 2.75) is 82.5 Å². The molecule has 29 heavy (non-hydrogen) atoms. The minimum absolute atomic E-state index is 0.291. The normalized spacial score (nSPS) is 17.1. The third-order valence-electron chi connectivity index (χ3n) is 5.67. The lowest BCUT2D eigenvalue weighted by Gasteiger charge is -2.21. The highest BCUT2D eigenvalue weighted by molar-refractivity contribution is 7.94. The number of hydrogen-bond acceptors (Lipinski definition) is 5. The smallest absolute Gasteiger partial charge is 0.273 e. The Morgan fingerprint density at radius 1 is 1.14 bits per heavy atom. The molecule has 0 aliphatic heterocycles. The van der Waals surface area contributed by atoms with Crippen LogP contribution in [0.5, 0.6) is 0 Å². The molecule has 1 aliphatic carbocycles. The Labute approximate surface area is 179 Å². The first-order chi connectivity index (χ1) is 13.8. The lowest BCUT2D eigenvalue weighted by atomic mass is 9.93. The van der Waals surface area contributed by atoms with E-state index in [0.717, 1.165) is 16.5 Å². The number of aromatic nitrogens is 1. The molecule has 7 heteroatoms. The fourth-order valence-electron chi connectivity index (χ4n) is 4.19. The van der Waals surface area contributed by atoms with Gasteiger partial charge in [-0.25, -0.2) is 13.4 Å². The fourth-order valence-corrected chi connectivity index (χ4v) is 6.78. The average Bonchev–Trinajstić information content (AvgIpc) is 2.86. The number of para-hydroxylation sites is 1. The Morgan fingerprint density at radius 2 is 1.83 bits per heavy atom. The molecule has 1 fully saturated rings. The summed E-state index contributed by atoms with van der Waals surface area (Å²) in [4.78, 5) is 4.25. The van der Waals surface area contributed by atoms with E-state index in [9.17, 15) is 8.42 Å². The summed E-state index contributed by atoms with van der Waals surface area (Å²) in [5, 5.41) is 4.36. The predicted molar refractivity (Wildman–Crippen MR) is 121 cm³/mol. The maximum absolute atomic E-state index is 12.9. The van der Waals surface area contributed by atoms with E-state index in [2.05, 4.69) is 21.9 Å². The van der Waals surface area contributed by atoms with Gasteiger partial charge in [0.1, 0.15) is 0 Å². The van der Waals surface area contributed by atoms with Gasteiger partial charge in [0.2, 0.25) is 0 Å². The molecule has 0 radical (unpaired) electrons. The van der Waals surface area contributed by atoms with Crippen molar-refractivity contribution in [3.8, 4) is 0 Å². The molecule has 3 rings (SSSR count). The van der Waals surface area contributed by atoms with Crippen LogP contribution < -0.4 is 10.0 Å². The van der Waals surface area contributed by atoms with Crippen molar-refractivity contribution in [3.05, 3.63) is 40.5 Å². The lowest BCUT2D eigenvalue weighted by Crippen LogP contribution is -2.28. The average molecular weight is 436 g/mol. The summed E-state index contributed by atoms with van der Waals surface area (Å²) >= 11 is 1.21. The first-order valence-corrected chi connectivity index (χ1v) is 12.9. The summed E-state index contributed by atoms with van der Waals surface area (Å²) in [7, 11) is -3.63. The van der Waals surface area contributed by atoms with Crippen molar-refractivity contribution in [3.63, 3.8) is 0 Å². The largest absolute Gasteiger partial charge is 0.310 e. The van der Waals surface area contributed by atoms with Gasteiger partial charge in [0.15, 0.2) is 4.21 Å². The number of sulfonamides is 1. The molecule has 0 saturated heterocycles. The van der Waals surface area contributed by atoms with E-state index in [4.69, 9.17) is 0 Å². The van der Waals surface area contributed by atoms with E-state index in [1.807, 2.05) is 31.2 Å². The molecule has 0 spiro atoms. The molecule has 2 N–H and O–H groups in total. The van der Waals surface area contributed by atoms with Crippen LogP contribution in [0.1, 0.15) is 68.1 Å². The maximum Gasteiger partial charge on any atom is 0.273 e. The summed E-state index contributed by atoms with van der Waals surface area (Å²) < 4.78 is 28.8. The van der Waals surface area contributed by atoms with Crippen LogP contribution in [0, 0.1) is 19.8 Å². The predicted octanol–water partition coefficient (Wildman–Crippen LogP) is 5.40. The van der Waals surface area contributed by atoms with Crippen LogP contribution >= 0.6 is 11.3 Å². The number of aryl methyl sites for hydroxylation is 2. The molecule has 1 heterocycles. The van der Waals surface area contributed by atoms with Gasteiger partial charge in [-0.2, -0.15) is 0 Å². The highest BCUT2D eigenvalue weighted by Crippen LogP contribution is 2.28. The number of rotatable bonds is 8. The summed E-state index contributed by atoms with van der Waals surface area (Å²) in [5.41, 5.74) is 2.14. The zero-order valence-corrected chi connectivity index (χ0v) is 19.3. The third-order valence-corrected chi connectivity index (χ3v) is 8.72. The van der Waals surface area contributed by atoms with E-state index in [1.54, 1.807) is 6.92 Å². The summed E-state index contributed by atoms with van der Waals surface area (Å²) in [6.07, 6.45) is 9.35. The van der Waals surface area contributed by atoms with Crippen LogP contribution in [0.3, 0.4) is 0 Å². The molecule has 1 atom stereocenters. The molecular weight excluding hydrogens is 402 g/mol. The van der Waals surface area contributed by atoms with Gasteiger partial charge >= 0.3 is 0 Å². The van der Waals surface area contributed by atoms with Gasteiger partial charge in [0.05, 0.1) is 16.4 Å². The number of thiazole rings is 1. The topological polar surface area (TPSA) is 71.1 Å². The molecule has 1 saturated carbocycles. The number of benzene rings is 1. The van der Waals surface area contributed by atoms with E-state index >= 15 is 0 Å². The number of anilines is 1. The molecule has 1 aromatic heterocycles. The highest BCUT2D eigenvalue weighted by atomic mass is 32.2. The van der Waals surface area contributed by atoms with Gasteiger partial charge in [0, 0.05) is 12.6 Å². The van der Waals surface area contributed by atoms with Gasteiger partial charge < -0.3 is 5.32 Å². The van der Waals surface area contributed by atoms with Gasteiger partial charge in [-0.05, 0) is 44.7 Å². The lowest BCUT2D eigenvalue weighted by molar-refractivity contribution is 0.363. The standard InChI is InChI=1S/C22H33N3O2S2/c1-16(14-19-10-6-4-5-7-11-19)23-15-20-12-8-9-13-21(20)25-29(26,27)22-17(2)24-18(3)28-22/h8-9,12-13,16,19,23,25H,4-7,10-11,14-15H2,1-3H3/t16-/m0/s1. The van der Waals surface area contributed by atoms with Crippen LogP contribution in [0.2, 0.25) is 0 Å². The molecule has 1 aliphatic rings. The van der Waals surface area contributed by atoms with Crippen molar-refractivity contribution in [1.29, 1.82) is 0 Å². The summed E-state index contributed by atoms with van der Waals surface area (Å²) in [6.45, 7) is 6.44. The molecule has 2 aromatic rings. The second-order valence-corrected chi connectivity index (χ2v) is 11.3. The Morgan fingerprint density at radius 3 is 2.48 bits per heavy atom. The van der Waals surface area contributed by atoms with Gasteiger partial charge in [-0.15, -0.1) is 11.3 Å². The van der Waals surface area contributed by atoms with Crippen LogP contribution in [-0.2, 0) is 16.6 Å². The van der Waals surface area contributed by atoms with Gasteiger partial charge in [0.25, 0.3) is 10.0 Å². The maximum atomic E-state index is 12.9. The Kier molecular flexibility index (Phi) is 7.71. The van der Waals surface area contributed by atoms with Crippen molar-refractivity contribution < 1.29 is 8.42 Å².